The highest BCUT2D eigenvalue weighted by atomic mass is 16.6. The maximum absolute atomic E-state index is 5.79. The van der Waals surface area contributed by atoms with E-state index >= 15 is 0 Å². The van der Waals surface area contributed by atoms with Crippen molar-refractivity contribution >= 4 is 0 Å². The van der Waals surface area contributed by atoms with Crippen molar-refractivity contribution in [3.8, 4) is 0 Å². The Bertz CT molecular complexity index is 277. The molecule has 1 heterocycles. The van der Waals surface area contributed by atoms with Crippen molar-refractivity contribution in [2.24, 2.45) is 23.7 Å². The molecule has 1 saturated heterocycles. The number of ether oxygens (including phenoxy) is 4. The van der Waals surface area contributed by atoms with Crippen LogP contribution in [0.15, 0.2) is 12.2 Å². The van der Waals surface area contributed by atoms with Gasteiger partial charge in [0.15, 0.2) is 0 Å². The van der Waals surface area contributed by atoms with Crippen molar-refractivity contribution in [2.75, 3.05) is 52.9 Å². The lowest BCUT2D eigenvalue weighted by molar-refractivity contribution is -0.0338. The van der Waals surface area contributed by atoms with Crippen LogP contribution in [0.1, 0.15) is 6.42 Å². The molecule has 0 aromatic rings. The average Bonchev–Trinajstić information content (AvgIpc) is 3.01. The lowest BCUT2D eigenvalue weighted by Gasteiger charge is -2.28. The molecule has 0 aromatic carbocycles. The first-order valence-corrected chi connectivity index (χ1v) is 7.44. The Morgan fingerprint density at radius 3 is 1.47 bits per heavy atom. The molecule has 4 nitrogen and oxygen atoms in total. The zero-order valence-electron chi connectivity index (χ0n) is 11.5. The summed E-state index contributed by atoms with van der Waals surface area (Å²) < 4.78 is 22.5. The fourth-order valence-electron chi connectivity index (χ4n) is 3.52. The fourth-order valence-corrected chi connectivity index (χ4v) is 3.52. The van der Waals surface area contributed by atoms with Crippen molar-refractivity contribution in [1.29, 1.82) is 0 Å². The minimum atomic E-state index is 0.624. The maximum Gasteiger partial charge on any atom is 0.0701 e. The van der Waals surface area contributed by atoms with E-state index in [1.54, 1.807) is 0 Å². The third-order valence-electron chi connectivity index (χ3n) is 4.54. The van der Waals surface area contributed by atoms with Crippen LogP contribution in [0.3, 0.4) is 0 Å². The molecule has 4 heteroatoms. The topological polar surface area (TPSA) is 36.9 Å². The predicted molar refractivity (Wildman–Crippen MR) is 71.0 cm³/mol. The lowest BCUT2D eigenvalue weighted by atomic mass is 9.84. The summed E-state index contributed by atoms with van der Waals surface area (Å²) >= 11 is 0. The molecule has 0 radical (unpaired) electrons. The van der Waals surface area contributed by atoms with E-state index in [1.165, 1.54) is 6.42 Å². The zero-order valence-corrected chi connectivity index (χ0v) is 11.5. The fraction of sp³-hybridized carbons (Fsp3) is 0.867. The van der Waals surface area contributed by atoms with Gasteiger partial charge in [-0.3, -0.25) is 0 Å². The third kappa shape index (κ3) is 3.37. The Hall–Kier alpha value is -0.420. The molecule has 2 fully saturated rings. The van der Waals surface area contributed by atoms with Gasteiger partial charge in [-0.2, -0.15) is 0 Å². The quantitative estimate of drug-likeness (QED) is 0.624. The van der Waals surface area contributed by atoms with Gasteiger partial charge in [0.2, 0.25) is 0 Å². The van der Waals surface area contributed by atoms with Gasteiger partial charge in [0.05, 0.1) is 52.9 Å². The van der Waals surface area contributed by atoms with Crippen molar-refractivity contribution in [3.63, 3.8) is 0 Å². The molecule has 108 valence electrons. The van der Waals surface area contributed by atoms with E-state index in [2.05, 4.69) is 12.2 Å². The Kier molecular flexibility index (Phi) is 4.88. The molecule has 1 saturated carbocycles. The van der Waals surface area contributed by atoms with Crippen LogP contribution >= 0.6 is 0 Å². The first kappa shape index (κ1) is 13.6. The molecule has 1 aliphatic heterocycles. The third-order valence-corrected chi connectivity index (χ3v) is 4.54. The van der Waals surface area contributed by atoms with Crippen molar-refractivity contribution in [2.45, 2.75) is 6.42 Å². The van der Waals surface area contributed by atoms with Crippen LogP contribution in [0.5, 0.6) is 0 Å². The predicted octanol–water partition coefficient (Wildman–Crippen LogP) is 1.50. The highest BCUT2D eigenvalue weighted by Gasteiger charge is 2.44. The smallest absolute Gasteiger partial charge is 0.0701 e. The van der Waals surface area contributed by atoms with Crippen molar-refractivity contribution in [3.05, 3.63) is 12.2 Å². The number of hydrogen-bond donors (Lipinski definition) is 0. The summed E-state index contributed by atoms with van der Waals surface area (Å²) in [5.41, 5.74) is 0. The Labute approximate surface area is 115 Å². The van der Waals surface area contributed by atoms with E-state index in [1.807, 2.05) is 0 Å². The maximum atomic E-state index is 5.79. The van der Waals surface area contributed by atoms with Crippen LogP contribution in [0.2, 0.25) is 0 Å². The summed E-state index contributed by atoms with van der Waals surface area (Å²) in [6.07, 6.45) is 6.03. The number of fused-ring (bicyclic) bond motifs is 5. The van der Waals surface area contributed by atoms with Crippen LogP contribution in [0.4, 0.5) is 0 Å². The Morgan fingerprint density at radius 1 is 0.579 bits per heavy atom. The van der Waals surface area contributed by atoms with Crippen LogP contribution in [-0.4, -0.2) is 52.9 Å². The average molecular weight is 268 g/mol. The molecule has 3 rings (SSSR count). The minimum Gasteiger partial charge on any atom is -0.379 e. The van der Waals surface area contributed by atoms with Gasteiger partial charge in [0.1, 0.15) is 0 Å². The summed E-state index contributed by atoms with van der Waals surface area (Å²) in [5.74, 6) is 2.64. The van der Waals surface area contributed by atoms with Gasteiger partial charge in [0, 0.05) is 0 Å². The van der Waals surface area contributed by atoms with Gasteiger partial charge in [-0.15, -0.1) is 0 Å². The Balaban J connectivity index is 1.54. The van der Waals surface area contributed by atoms with Gasteiger partial charge in [0.25, 0.3) is 0 Å². The van der Waals surface area contributed by atoms with E-state index in [9.17, 15) is 0 Å². The number of hydrogen-bond acceptors (Lipinski definition) is 4. The lowest BCUT2D eigenvalue weighted by Crippen LogP contribution is -2.29. The van der Waals surface area contributed by atoms with Crippen LogP contribution in [-0.2, 0) is 18.9 Å². The summed E-state index contributed by atoms with van der Waals surface area (Å²) in [5, 5.41) is 0. The van der Waals surface area contributed by atoms with E-state index in [0.717, 1.165) is 13.2 Å². The number of allylic oxidation sites excluding steroid dienone is 2. The largest absolute Gasteiger partial charge is 0.379 e. The highest BCUT2D eigenvalue weighted by molar-refractivity contribution is 5.13. The molecule has 2 bridgehead atoms. The molecule has 2 aliphatic carbocycles. The molecule has 0 N–H and O–H groups in total. The van der Waals surface area contributed by atoms with Crippen molar-refractivity contribution < 1.29 is 18.9 Å². The first-order chi connectivity index (χ1) is 9.45. The Morgan fingerprint density at radius 2 is 1.00 bits per heavy atom. The van der Waals surface area contributed by atoms with Crippen molar-refractivity contribution in [1.82, 2.24) is 0 Å². The second-order valence-corrected chi connectivity index (χ2v) is 5.65. The van der Waals surface area contributed by atoms with Crippen LogP contribution < -0.4 is 0 Å². The molecule has 0 amide bonds. The molecule has 0 spiro atoms. The minimum absolute atomic E-state index is 0.624. The normalized spacial score (nSPS) is 40.8. The molecule has 0 aromatic heterocycles. The molecule has 19 heavy (non-hydrogen) atoms. The summed E-state index contributed by atoms with van der Waals surface area (Å²) in [6, 6.07) is 0. The monoisotopic (exact) mass is 268 g/mol. The molecule has 3 aliphatic rings. The van der Waals surface area contributed by atoms with Gasteiger partial charge < -0.3 is 18.9 Å². The van der Waals surface area contributed by atoms with E-state index in [0.29, 0.717) is 63.3 Å². The van der Waals surface area contributed by atoms with E-state index < -0.39 is 0 Å². The van der Waals surface area contributed by atoms with Gasteiger partial charge in [-0.25, -0.2) is 0 Å². The van der Waals surface area contributed by atoms with Gasteiger partial charge in [-0.1, -0.05) is 12.2 Å². The molecule has 4 atom stereocenters. The van der Waals surface area contributed by atoms with E-state index in [-0.39, 0.29) is 0 Å². The van der Waals surface area contributed by atoms with Crippen LogP contribution in [0.25, 0.3) is 0 Å². The zero-order chi connectivity index (χ0) is 12.9. The van der Waals surface area contributed by atoms with Gasteiger partial charge >= 0.3 is 0 Å². The summed E-state index contributed by atoms with van der Waals surface area (Å²) in [7, 11) is 0. The van der Waals surface area contributed by atoms with E-state index in [4.69, 9.17) is 18.9 Å². The SMILES string of the molecule is C1=CC2CC1C1COCCOCCOCCOCC21. The standard InChI is InChI=1S/C15H24O4/c1-2-13-9-12(1)14-10-18-7-5-16-3-4-17-6-8-19-11-15(13)14/h1-2,12-15H,3-11H2. The van der Waals surface area contributed by atoms with Crippen LogP contribution in [0, 0.1) is 23.7 Å². The summed E-state index contributed by atoms with van der Waals surface area (Å²) in [6.45, 7) is 5.68. The second-order valence-electron chi connectivity index (χ2n) is 5.65. The first-order valence-electron chi connectivity index (χ1n) is 7.44. The summed E-state index contributed by atoms with van der Waals surface area (Å²) in [4.78, 5) is 0. The second kappa shape index (κ2) is 6.84. The number of rotatable bonds is 0. The highest BCUT2D eigenvalue weighted by Crippen LogP contribution is 2.48. The molecular formula is C15H24O4. The molecule has 4 unspecified atom stereocenters. The molecular weight excluding hydrogens is 244 g/mol. The van der Waals surface area contributed by atoms with Gasteiger partial charge in [-0.05, 0) is 30.1 Å².